The molecule has 4 atom stereocenters. The van der Waals surface area contributed by atoms with Gasteiger partial charge >= 0.3 is 11.9 Å². The van der Waals surface area contributed by atoms with Crippen LogP contribution in [0.4, 0.5) is 0 Å². The molecule has 2 N–H and O–H groups in total. The Labute approximate surface area is 107 Å². The number of carbonyl (C=O) groups is 2. The predicted octanol–water partition coefficient (Wildman–Crippen LogP) is 2.62. The van der Waals surface area contributed by atoms with Crippen LogP contribution in [0.3, 0.4) is 0 Å². The predicted molar refractivity (Wildman–Crippen MR) is 66.1 cm³/mol. The third-order valence-electron chi connectivity index (χ3n) is 5.48. The highest BCUT2D eigenvalue weighted by atomic mass is 16.4. The quantitative estimate of drug-likeness (QED) is 0.811. The van der Waals surface area contributed by atoms with Crippen molar-refractivity contribution < 1.29 is 19.8 Å². The van der Waals surface area contributed by atoms with E-state index in [-0.39, 0.29) is 29.6 Å². The number of carboxylic acid groups (broad SMARTS) is 2. The van der Waals surface area contributed by atoms with Crippen LogP contribution < -0.4 is 0 Å². The summed E-state index contributed by atoms with van der Waals surface area (Å²) in [6.45, 7) is 6.16. The molecule has 0 amide bonds. The van der Waals surface area contributed by atoms with E-state index in [0.29, 0.717) is 6.42 Å². The highest BCUT2D eigenvalue weighted by Gasteiger charge is 2.65. The first-order chi connectivity index (χ1) is 8.21. The Hall–Kier alpha value is -1.06. The highest BCUT2D eigenvalue weighted by molar-refractivity contribution is 5.78. The minimum Gasteiger partial charge on any atom is -0.481 e. The molecule has 0 aliphatic heterocycles. The molecule has 0 aromatic carbocycles. The molecule has 4 nitrogen and oxygen atoms in total. The van der Waals surface area contributed by atoms with Crippen LogP contribution in [0.25, 0.3) is 0 Å². The zero-order valence-corrected chi connectivity index (χ0v) is 11.3. The lowest BCUT2D eigenvalue weighted by molar-refractivity contribution is -0.160. The molecule has 2 aliphatic carbocycles. The lowest BCUT2D eigenvalue weighted by Crippen LogP contribution is -2.45. The standard InChI is InChI=1S/C14H22O4/c1-8-4-5-9-10(6-11(15)16)14(8,12(17)18)7-13(9,2)3/h8-10H,4-7H2,1-3H3,(H,15,16)(H,17,18)/t8-,9-,10-,14-/m0/s1. The topological polar surface area (TPSA) is 74.6 Å². The van der Waals surface area contributed by atoms with Gasteiger partial charge < -0.3 is 10.2 Å². The third-order valence-corrected chi connectivity index (χ3v) is 5.48. The Bertz CT molecular complexity index is 387. The zero-order chi connectivity index (χ0) is 13.7. The Kier molecular flexibility index (Phi) is 2.95. The number of hydrogen-bond acceptors (Lipinski definition) is 2. The largest absolute Gasteiger partial charge is 0.481 e. The minimum atomic E-state index is -0.873. The van der Waals surface area contributed by atoms with Gasteiger partial charge in [0.2, 0.25) is 0 Å². The summed E-state index contributed by atoms with van der Waals surface area (Å²) in [6.07, 6.45) is 2.46. The fourth-order valence-electron chi connectivity index (χ4n) is 4.70. The Morgan fingerprint density at radius 3 is 2.33 bits per heavy atom. The van der Waals surface area contributed by atoms with Crippen LogP contribution in [0.5, 0.6) is 0 Å². The normalized spacial score (nSPS) is 41.6. The highest BCUT2D eigenvalue weighted by Crippen LogP contribution is 2.66. The maximum Gasteiger partial charge on any atom is 0.310 e. The molecule has 2 aliphatic rings. The van der Waals surface area contributed by atoms with Crippen molar-refractivity contribution >= 4 is 11.9 Å². The summed E-state index contributed by atoms with van der Waals surface area (Å²) in [4.78, 5) is 22.9. The van der Waals surface area contributed by atoms with Gasteiger partial charge in [0.1, 0.15) is 0 Å². The van der Waals surface area contributed by atoms with Crippen molar-refractivity contribution in [2.24, 2.45) is 28.6 Å². The van der Waals surface area contributed by atoms with E-state index in [0.717, 1.165) is 12.8 Å². The van der Waals surface area contributed by atoms with E-state index in [4.69, 9.17) is 5.11 Å². The van der Waals surface area contributed by atoms with Crippen LogP contribution in [0.15, 0.2) is 0 Å². The monoisotopic (exact) mass is 254 g/mol. The fourth-order valence-corrected chi connectivity index (χ4v) is 4.70. The van der Waals surface area contributed by atoms with Crippen molar-refractivity contribution in [2.45, 2.75) is 46.5 Å². The summed E-state index contributed by atoms with van der Waals surface area (Å²) < 4.78 is 0. The SMILES string of the molecule is C[C@H]1CC[C@H]2[C@H](CC(=O)O)[C@]1(C(=O)O)CC2(C)C. The summed E-state index contributed by atoms with van der Waals surface area (Å²) in [5.74, 6) is -1.59. The molecule has 0 unspecified atom stereocenters. The summed E-state index contributed by atoms with van der Waals surface area (Å²) in [5.41, 5.74) is -0.895. The molecule has 18 heavy (non-hydrogen) atoms. The summed E-state index contributed by atoms with van der Waals surface area (Å²) in [5, 5.41) is 18.8. The van der Waals surface area contributed by atoms with E-state index in [9.17, 15) is 14.7 Å². The maximum absolute atomic E-state index is 11.8. The number of rotatable bonds is 3. The molecule has 0 radical (unpaired) electrons. The molecule has 2 fully saturated rings. The Morgan fingerprint density at radius 1 is 1.22 bits per heavy atom. The molecule has 2 bridgehead atoms. The van der Waals surface area contributed by atoms with Crippen molar-refractivity contribution in [2.75, 3.05) is 0 Å². The van der Waals surface area contributed by atoms with Gasteiger partial charge in [-0.15, -0.1) is 0 Å². The lowest BCUT2D eigenvalue weighted by atomic mass is 9.60. The average molecular weight is 254 g/mol. The molecular formula is C14H22O4. The van der Waals surface area contributed by atoms with Gasteiger partial charge in [0.05, 0.1) is 5.41 Å². The van der Waals surface area contributed by atoms with Gasteiger partial charge in [0.15, 0.2) is 0 Å². The maximum atomic E-state index is 11.8. The second kappa shape index (κ2) is 3.97. The van der Waals surface area contributed by atoms with E-state index in [1.54, 1.807) is 0 Å². The number of carboxylic acids is 2. The van der Waals surface area contributed by atoms with Crippen molar-refractivity contribution in [1.82, 2.24) is 0 Å². The van der Waals surface area contributed by atoms with E-state index in [1.807, 2.05) is 6.92 Å². The van der Waals surface area contributed by atoms with Gasteiger partial charge in [0, 0.05) is 6.42 Å². The van der Waals surface area contributed by atoms with Crippen molar-refractivity contribution in [3.8, 4) is 0 Å². The van der Waals surface area contributed by atoms with Crippen LogP contribution in [0, 0.1) is 28.6 Å². The average Bonchev–Trinajstić information content (AvgIpc) is 2.36. The molecule has 0 spiro atoms. The fraction of sp³-hybridized carbons (Fsp3) is 0.857. The second-order valence-corrected chi connectivity index (χ2v) is 6.80. The molecule has 0 saturated heterocycles. The number of fused-ring (bicyclic) bond motifs is 2. The zero-order valence-electron chi connectivity index (χ0n) is 11.3. The van der Waals surface area contributed by atoms with Gasteiger partial charge in [-0.05, 0) is 42.4 Å². The first-order valence-electron chi connectivity index (χ1n) is 6.67. The van der Waals surface area contributed by atoms with E-state index >= 15 is 0 Å². The van der Waals surface area contributed by atoms with Gasteiger partial charge in [-0.3, -0.25) is 9.59 Å². The van der Waals surface area contributed by atoms with Crippen LogP contribution in [-0.4, -0.2) is 22.2 Å². The van der Waals surface area contributed by atoms with E-state index < -0.39 is 17.4 Å². The van der Waals surface area contributed by atoms with Gasteiger partial charge in [-0.25, -0.2) is 0 Å². The molecular weight excluding hydrogens is 232 g/mol. The van der Waals surface area contributed by atoms with E-state index in [2.05, 4.69) is 13.8 Å². The molecule has 2 saturated carbocycles. The Balaban J connectivity index is 2.47. The molecule has 0 aromatic heterocycles. The molecule has 0 aromatic rings. The molecule has 4 heteroatoms. The van der Waals surface area contributed by atoms with Gasteiger partial charge in [-0.2, -0.15) is 0 Å². The van der Waals surface area contributed by atoms with Gasteiger partial charge in [0.25, 0.3) is 0 Å². The van der Waals surface area contributed by atoms with Crippen LogP contribution >= 0.6 is 0 Å². The number of hydrogen-bond donors (Lipinski definition) is 2. The van der Waals surface area contributed by atoms with E-state index in [1.165, 1.54) is 0 Å². The molecule has 102 valence electrons. The van der Waals surface area contributed by atoms with Crippen LogP contribution in [0.2, 0.25) is 0 Å². The summed E-state index contributed by atoms with van der Waals surface area (Å²) in [7, 11) is 0. The summed E-state index contributed by atoms with van der Waals surface area (Å²) >= 11 is 0. The lowest BCUT2D eigenvalue weighted by Gasteiger charge is -2.42. The smallest absolute Gasteiger partial charge is 0.310 e. The molecule has 0 heterocycles. The van der Waals surface area contributed by atoms with Crippen molar-refractivity contribution in [3.05, 3.63) is 0 Å². The Morgan fingerprint density at radius 2 is 1.83 bits per heavy atom. The summed E-state index contributed by atoms with van der Waals surface area (Å²) in [6, 6.07) is 0. The molecule has 2 rings (SSSR count). The third kappa shape index (κ3) is 1.65. The van der Waals surface area contributed by atoms with Crippen molar-refractivity contribution in [3.63, 3.8) is 0 Å². The second-order valence-electron chi connectivity index (χ2n) is 6.80. The minimum absolute atomic E-state index is 0.00919. The van der Waals surface area contributed by atoms with Crippen LogP contribution in [0.1, 0.15) is 46.5 Å². The van der Waals surface area contributed by atoms with Crippen molar-refractivity contribution in [1.29, 1.82) is 0 Å². The first-order valence-corrected chi connectivity index (χ1v) is 6.67. The van der Waals surface area contributed by atoms with Gasteiger partial charge in [-0.1, -0.05) is 20.8 Å². The first kappa shape index (κ1) is 13.4. The number of aliphatic carboxylic acids is 2. The van der Waals surface area contributed by atoms with Crippen LogP contribution in [-0.2, 0) is 9.59 Å².